The first-order valence-electron chi connectivity index (χ1n) is 4.05. The van der Waals surface area contributed by atoms with E-state index in [0.29, 0.717) is 0 Å². The van der Waals surface area contributed by atoms with Crippen LogP contribution < -0.4 is 5.32 Å². The highest BCUT2D eigenvalue weighted by Gasteiger charge is 2.13. The highest BCUT2D eigenvalue weighted by Crippen LogP contribution is 1.97. The van der Waals surface area contributed by atoms with Crippen molar-refractivity contribution in [3.63, 3.8) is 0 Å². The Labute approximate surface area is 76.0 Å². The molecule has 1 N–H and O–H groups in total. The van der Waals surface area contributed by atoms with Crippen LogP contribution in [0.5, 0.6) is 0 Å². The fourth-order valence-electron chi connectivity index (χ4n) is 1.07. The van der Waals surface area contributed by atoms with Crippen molar-refractivity contribution >= 4 is 10.8 Å². The van der Waals surface area contributed by atoms with Gasteiger partial charge in [-0.15, -0.1) is 0 Å². The van der Waals surface area contributed by atoms with Crippen molar-refractivity contribution in [1.29, 1.82) is 0 Å². The lowest BCUT2D eigenvalue weighted by atomic mass is 10.5. The first-order chi connectivity index (χ1) is 5.83. The zero-order chi connectivity index (χ0) is 8.81. The first kappa shape index (κ1) is 9.56. The predicted octanol–water partition coefficient (Wildman–Crippen LogP) is -0.769. The van der Waals surface area contributed by atoms with Crippen LogP contribution in [0.2, 0.25) is 0 Å². The van der Waals surface area contributed by atoms with Crippen LogP contribution in [0.4, 0.5) is 0 Å². The molecule has 0 unspecified atom stereocenters. The van der Waals surface area contributed by atoms with E-state index in [4.69, 9.17) is 0 Å². The van der Waals surface area contributed by atoms with E-state index in [1.54, 1.807) is 7.05 Å². The number of hydrogen-bond acceptors (Lipinski definition) is 3. The molecule has 0 atom stereocenters. The van der Waals surface area contributed by atoms with Crippen molar-refractivity contribution < 1.29 is 4.21 Å². The van der Waals surface area contributed by atoms with Gasteiger partial charge in [-0.1, -0.05) is 5.92 Å². The molecule has 3 nitrogen and oxygen atoms in total. The van der Waals surface area contributed by atoms with Gasteiger partial charge >= 0.3 is 0 Å². The SMILES string of the molecule is CNC#CCN1CCS(=O)CC1. The summed E-state index contributed by atoms with van der Waals surface area (Å²) in [6, 6.07) is 2.79. The Balaban J connectivity index is 2.21. The second-order valence-corrected chi connectivity index (χ2v) is 4.37. The van der Waals surface area contributed by atoms with Crippen LogP contribution in [0.15, 0.2) is 0 Å². The zero-order valence-corrected chi connectivity index (χ0v) is 8.12. The van der Waals surface area contributed by atoms with E-state index in [9.17, 15) is 4.21 Å². The van der Waals surface area contributed by atoms with Crippen LogP contribution in [0.1, 0.15) is 0 Å². The summed E-state index contributed by atoms with van der Waals surface area (Å²) in [5.41, 5.74) is 0. The summed E-state index contributed by atoms with van der Waals surface area (Å²) in [4.78, 5) is 2.23. The van der Waals surface area contributed by atoms with Gasteiger partial charge in [0.05, 0.1) is 6.54 Å². The Hall–Kier alpha value is -0.530. The second-order valence-electron chi connectivity index (χ2n) is 2.68. The summed E-state index contributed by atoms with van der Waals surface area (Å²) in [6.45, 7) is 2.63. The molecular weight excluding hydrogens is 172 g/mol. The molecule has 1 rings (SSSR count). The van der Waals surface area contributed by atoms with Crippen molar-refractivity contribution in [1.82, 2.24) is 10.2 Å². The standard InChI is InChI=1S/C8H14N2OS/c1-9-3-2-4-10-5-7-12(11)8-6-10/h9H,4-8H2,1H3. The Morgan fingerprint density at radius 2 is 2.17 bits per heavy atom. The van der Waals surface area contributed by atoms with E-state index in [1.807, 2.05) is 0 Å². The third kappa shape index (κ3) is 3.24. The Morgan fingerprint density at radius 3 is 2.75 bits per heavy atom. The molecule has 0 aliphatic carbocycles. The van der Waals surface area contributed by atoms with E-state index >= 15 is 0 Å². The number of nitrogens with zero attached hydrogens (tertiary/aromatic N) is 1. The largest absolute Gasteiger partial charge is 0.349 e. The summed E-state index contributed by atoms with van der Waals surface area (Å²) in [7, 11) is 1.23. The summed E-state index contributed by atoms with van der Waals surface area (Å²) in [5.74, 6) is 4.60. The van der Waals surface area contributed by atoms with Gasteiger partial charge in [-0.2, -0.15) is 0 Å². The van der Waals surface area contributed by atoms with Crippen LogP contribution >= 0.6 is 0 Å². The molecule has 0 saturated carbocycles. The smallest absolute Gasteiger partial charge is 0.0620 e. The maximum Gasteiger partial charge on any atom is 0.0620 e. The van der Waals surface area contributed by atoms with Gasteiger partial charge < -0.3 is 5.32 Å². The molecule has 1 aliphatic rings. The summed E-state index contributed by atoms with van der Waals surface area (Å²) in [5, 5.41) is 2.77. The molecule has 1 saturated heterocycles. The number of rotatable bonds is 1. The Morgan fingerprint density at radius 1 is 1.50 bits per heavy atom. The Bertz CT molecular complexity index is 209. The third-order valence-corrected chi connectivity index (χ3v) is 3.06. The molecule has 0 radical (unpaired) electrons. The average Bonchev–Trinajstić information content (AvgIpc) is 2.09. The maximum atomic E-state index is 11.0. The van der Waals surface area contributed by atoms with Crippen molar-refractivity contribution in [3.05, 3.63) is 0 Å². The second kappa shape index (κ2) is 5.18. The predicted molar refractivity (Wildman–Crippen MR) is 51.2 cm³/mol. The van der Waals surface area contributed by atoms with E-state index in [-0.39, 0.29) is 0 Å². The molecule has 4 heteroatoms. The highest BCUT2D eigenvalue weighted by atomic mass is 32.2. The van der Waals surface area contributed by atoms with Gasteiger partial charge in [0.25, 0.3) is 0 Å². The highest BCUT2D eigenvalue weighted by molar-refractivity contribution is 7.85. The lowest BCUT2D eigenvalue weighted by Gasteiger charge is -2.23. The lowest BCUT2D eigenvalue weighted by molar-refractivity contribution is 0.337. The molecule has 0 bridgehead atoms. The minimum absolute atomic E-state index is 0.574. The first-order valence-corrected chi connectivity index (χ1v) is 5.53. The molecule has 0 spiro atoms. The van der Waals surface area contributed by atoms with E-state index in [0.717, 1.165) is 31.1 Å². The Kier molecular flexibility index (Phi) is 4.12. The maximum absolute atomic E-state index is 11.0. The van der Waals surface area contributed by atoms with Gasteiger partial charge in [-0.3, -0.25) is 9.11 Å². The van der Waals surface area contributed by atoms with E-state index in [2.05, 4.69) is 22.2 Å². The minimum Gasteiger partial charge on any atom is -0.349 e. The lowest BCUT2D eigenvalue weighted by Crippen LogP contribution is -2.37. The molecule has 0 aromatic carbocycles. The number of hydrogen-bond donors (Lipinski definition) is 1. The number of nitrogens with one attached hydrogen (secondary N) is 1. The van der Waals surface area contributed by atoms with Crippen molar-refractivity contribution in [2.75, 3.05) is 38.2 Å². The van der Waals surface area contributed by atoms with Gasteiger partial charge in [0.15, 0.2) is 0 Å². The summed E-state index contributed by atoms with van der Waals surface area (Å²) >= 11 is 0. The van der Waals surface area contributed by atoms with Crippen LogP contribution in [0.25, 0.3) is 0 Å². The topological polar surface area (TPSA) is 32.3 Å². The fourth-order valence-corrected chi connectivity index (χ4v) is 2.20. The van der Waals surface area contributed by atoms with Crippen LogP contribution in [-0.4, -0.2) is 47.3 Å². The van der Waals surface area contributed by atoms with Crippen molar-refractivity contribution in [2.24, 2.45) is 0 Å². The molecule has 1 fully saturated rings. The average molecular weight is 186 g/mol. The van der Waals surface area contributed by atoms with Crippen LogP contribution in [-0.2, 0) is 10.8 Å². The quantitative estimate of drug-likeness (QED) is 0.431. The molecule has 12 heavy (non-hydrogen) atoms. The molecule has 0 amide bonds. The summed E-state index contributed by atoms with van der Waals surface area (Å²) < 4.78 is 11.0. The molecule has 0 aromatic rings. The van der Waals surface area contributed by atoms with E-state index < -0.39 is 10.8 Å². The normalized spacial score (nSPS) is 19.8. The monoisotopic (exact) mass is 186 g/mol. The zero-order valence-electron chi connectivity index (χ0n) is 7.30. The third-order valence-electron chi connectivity index (χ3n) is 1.79. The van der Waals surface area contributed by atoms with Gasteiger partial charge in [-0.05, 0) is 0 Å². The van der Waals surface area contributed by atoms with E-state index in [1.165, 1.54) is 0 Å². The summed E-state index contributed by atoms with van der Waals surface area (Å²) in [6.07, 6.45) is 0. The van der Waals surface area contributed by atoms with Crippen molar-refractivity contribution in [3.8, 4) is 12.0 Å². The van der Waals surface area contributed by atoms with Gasteiger partial charge in [-0.25, -0.2) is 0 Å². The van der Waals surface area contributed by atoms with Gasteiger partial charge in [0, 0.05) is 48.5 Å². The van der Waals surface area contributed by atoms with Crippen LogP contribution in [0.3, 0.4) is 0 Å². The molecule has 1 heterocycles. The van der Waals surface area contributed by atoms with Gasteiger partial charge in [0.1, 0.15) is 0 Å². The molecule has 68 valence electrons. The minimum atomic E-state index is -0.574. The van der Waals surface area contributed by atoms with Crippen molar-refractivity contribution in [2.45, 2.75) is 0 Å². The van der Waals surface area contributed by atoms with Gasteiger partial charge in [0.2, 0.25) is 0 Å². The molecule has 0 aromatic heterocycles. The molecule has 1 aliphatic heterocycles. The van der Waals surface area contributed by atoms with Crippen LogP contribution in [0, 0.1) is 12.0 Å². The molecular formula is C8H14N2OS. The fraction of sp³-hybridized carbons (Fsp3) is 0.750.